The number of rotatable bonds is 4. The van der Waals surface area contributed by atoms with Gasteiger partial charge in [0.05, 0.1) is 11.4 Å². The lowest BCUT2D eigenvalue weighted by Gasteiger charge is -2.23. The minimum absolute atomic E-state index is 0.142. The Morgan fingerprint density at radius 2 is 1.75 bits per heavy atom. The summed E-state index contributed by atoms with van der Waals surface area (Å²) in [4.78, 5) is 25.1. The number of amides is 1. The summed E-state index contributed by atoms with van der Waals surface area (Å²) in [6.07, 6.45) is 0. The van der Waals surface area contributed by atoms with Crippen LogP contribution in [0.5, 0.6) is 0 Å². The van der Waals surface area contributed by atoms with Crippen LogP contribution in [0.15, 0.2) is 35.1 Å². The first-order valence-electron chi connectivity index (χ1n) is 8.04. The Morgan fingerprint density at radius 3 is 2.29 bits per heavy atom. The van der Waals surface area contributed by atoms with Gasteiger partial charge in [-0.3, -0.25) is 14.3 Å². The Kier molecular flexibility index (Phi) is 4.87. The molecule has 130 valence electrons. The maximum Gasteiger partial charge on any atom is 0.295 e. The molecule has 0 aliphatic rings. The molecule has 0 saturated heterocycles. The zero-order chi connectivity index (χ0) is 18.1. The SMILES string of the molecule is Cc1c(NC(C)C(=O)NC(C)(C)C)c(=O)n(-c2ccccc2)n1C. The van der Waals surface area contributed by atoms with Crippen molar-refractivity contribution in [2.45, 2.75) is 46.2 Å². The summed E-state index contributed by atoms with van der Waals surface area (Å²) in [6.45, 7) is 9.38. The highest BCUT2D eigenvalue weighted by Crippen LogP contribution is 2.15. The molecule has 2 aromatic rings. The first-order valence-corrected chi connectivity index (χ1v) is 8.04. The quantitative estimate of drug-likeness (QED) is 0.903. The molecule has 1 heterocycles. The third kappa shape index (κ3) is 3.69. The van der Waals surface area contributed by atoms with E-state index in [2.05, 4.69) is 10.6 Å². The van der Waals surface area contributed by atoms with Gasteiger partial charge in [0, 0.05) is 12.6 Å². The first kappa shape index (κ1) is 17.8. The fourth-order valence-electron chi connectivity index (χ4n) is 2.49. The van der Waals surface area contributed by atoms with Crippen LogP contribution in [0.3, 0.4) is 0 Å². The molecule has 6 heteroatoms. The lowest BCUT2D eigenvalue weighted by atomic mass is 10.1. The zero-order valence-corrected chi connectivity index (χ0v) is 15.2. The van der Waals surface area contributed by atoms with Crippen molar-refractivity contribution in [2.75, 3.05) is 5.32 Å². The second-order valence-corrected chi connectivity index (χ2v) is 7.04. The predicted octanol–water partition coefficient (Wildman–Crippen LogP) is 2.20. The molecular weight excluding hydrogens is 304 g/mol. The fraction of sp³-hybridized carbons (Fsp3) is 0.444. The molecule has 0 aliphatic heterocycles. The van der Waals surface area contributed by atoms with Gasteiger partial charge in [-0.1, -0.05) is 18.2 Å². The van der Waals surface area contributed by atoms with E-state index < -0.39 is 6.04 Å². The van der Waals surface area contributed by atoms with Crippen LogP contribution in [0, 0.1) is 6.92 Å². The number of nitrogens with zero attached hydrogens (tertiary/aromatic N) is 2. The van der Waals surface area contributed by atoms with Crippen LogP contribution < -0.4 is 16.2 Å². The van der Waals surface area contributed by atoms with Gasteiger partial charge in [-0.15, -0.1) is 0 Å². The number of benzene rings is 1. The van der Waals surface area contributed by atoms with E-state index in [-0.39, 0.29) is 17.0 Å². The van der Waals surface area contributed by atoms with E-state index in [1.54, 1.807) is 16.3 Å². The molecule has 0 saturated carbocycles. The van der Waals surface area contributed by atoms with Gasteiger partial charge in [-0.2, -0.15) is 0 Å². The maximum absolute atomic E-state index is 12.8. The highest BCUT2D eigenvalue weighted by atomic mass is 16.2. The average Bonchev–Trinajstić information content (AvgIpc) is 2.70. The van der Waals surface area contributed by atoms with Crippen LogP contribution >= 0.6 is 0 Å². The van der Waals surface area contributed by atoms with E-state index in [1.807, 2.05) is 65.1 Å². The van der Waals surface area contributed by atoms with Crippen molar-refractivity contribution in [3.8, 4) is 5.69 Å². The van der Waals surface area contributed by atoms with Crippen LogP contribution in [0.4, 0.5) is 5.69 Å². The number of carbonyl (C=O) groups excluding carboxylic acids is 1. The molecule has 0 aliphatic carbocycles. The van der Waals surface area contributed by atoms with Gasteiger partial charge >= 0.3 is 0 Å². The first-order chi connectivity index (χ1) is 11.1. The van der Waals surface area contributed by atoms with Gasteiger partial charge < -0.3 is 10.6 Å². The minimum Gasteiger partial charge on any atom is -0.368 e. The lowest BCUT2D eigenvalue weighted by molar-refractivity contribution is -0.122. The molecule has 0 spiro atoms. The average molecular weight is 330 g/mol. The fourth-order valence-corrected chi connectivity index (χ4v) is 2.49. The van der Waals surface area contributed by atoms with E-state index in [9.17, 15) is 9.59 Å². The molecule has 0 radical (unpaired) electrons. The number of para-hydroxylation sites is 1. The highest BCUT2D eigenvalue weighted by molar-refractivity contribution is 5.84. The Labute approximate surface area is 142 Å². The van der Waals surface area contributed by atoms with Crippen molar-refractivity contribution in [3.05, 3.63) is 46.4 Å². The van der Waals surface area contributed by atoms with Crippen molar-refractivity contribution in [3.63, 3.8) is 0 Å². The molecular formula is C18H26N4O2. The van der Waals surface area contributed by atoms with Gasteiger partial charge in [0.15, 0.2) is 0 Å². The second kappa shape index (κ2) is 6.55. The number of anilines is 1. The monoisotopic (exact) mass is 330 g/mol. The van der Waals surface area contributed by atoms with Crippen LogP contribution in [-0.2, 0) is 11.8 Å². The van der Waals surface area contributed by atoms with E-state index >= 15 is 0 Å². The number of nitrogens with one attached hydrogen (secondary N) is 2. The van der Waals surface area contributed by atoms with E-state index in [0.717, 1.165) is 11.4 Å². The lowest BCUT2D eigenvalue weighted by Crippen LogP contribution is -2.47. The summed E-state index contributed by atoms with van der Waals surface area (Å²) in [7, 11) is 1.83. The standard InChI is InChI=1S/C18H26N4O2/c1-12(16(23)20-18(3,4)5)19-15-13(2)21(6)22(17(15)24)14-10-8-7-9-11-14/h7-12,19H,1-6H3,(H,20,23). The van der Waals surface area contributed by atoms with Crippen LogP contribution in [0.25, 0.3) is 5.69 Å². The Hall–Kier alpha value is -2.50. The summed E-state index contributed by atoms with van der Waals surface area (Å²) >= 11 is 0. The number of hydrogen-bond acceptors (Lipinski definition) is 3. The molecule has 1 unspecified atom stereocenters. The van der Waals surface area contributed by atoms with Gasteiger partial charge in [0.1, 0.15) is 11.7 Å². The van der Waals surface area contributed by atoms with Gasteiger partial charge in [-0.05, 0) is 46.8 Å². The minimum atomic E-state index is -0.512. The van der Waals surface area contributed by atoms with Crippen LogP contribution in [-0.4, -0.2) is 26.9 Å². The van der Waals surface area contributed by atoms with E-state index in [0.29, 0.717) is 5.69 Å². The zero-order valence-electron chi connectivity index (χ0n) is 15.2. The second-order valence-electron chi connectivity index (χ2n) is 7.04. The van der Waals surface area contributed by atoms with Crippen molar-refractivity contribution in [2.24, 2.45) is 7.05 Å². The molecule has 0 fully saturated rings. The third-order valence-electron chi connectivity index (χ3n) is 3.81. The highest BCUT2D eigenvalue weighted by Gasteiger charge is 2.23. The number of aromatic nitrogens is 2. The van der Waals surface area contributed by atoms with Crippen LogP contribution in [0.1, 0.15) is 33.4 Å². The molecule has 2 N–H and O–H groups in total. The number of carbonyl (C=O) groups is 1. The van der Waals surface area contributed by atoms with Gasteiger partial charge in [0.2, 0.25) is 5.91 Å². The molecule has 24 heavy (non-hydrogen) atoms. The Morgan fingerprint density at radius 1 is 1.17 bits per heavy atom. The molecule has 0 bridgehead atoms. The van der Waals surface area contributed by atoms with Crippen molar-refractivity contribution < 1.29 is 4.79 Å². The molecule has 6 nitrogen and oxygen atoms in total. The third-order valence-corrected chi connectivity index (χ3v) is 3.81. The van der Waals surface area contributed by atoms with Gasteiger partial charge in [0.25, 0.3) is 5.56 Å². The van der Waals surface area contributed by atoms with E-state index in [1.165, 1.54) is 0 Å². The summed E-state index contributed by atoms with van der Waals surface area (Å²) in [5.74, 6) is -0.142. The summed E-state index contributed by atoms with van der Waals surface area (Å²) in [6, 6.07) is 8.92. The molecule has 2 rings (SSSR count). The van der Waals surface area contributed by atoms with Crippen LogP contribution in [0.2, 0.25) is 0 Å². The number of hydrogen-bond donors (Lipinski definition) is 2. The summed E-state index contributed by atoms with van der Waals surface area (Å²) in [5, 5.41) is 5.98. The smallest absolute Gasteiger partial charge is 0.295 e. The van der Waals surface area contributed by atoms with Crippen molar-refractivity contribution in [1.29, 1.82) is 0 Å². The van der Waals surface area contributed by atoms with Gasteiger partial charge in [-0.25, -0.2) is 4.68 Å². The molecule has 1 amide bonds. The Balaban J connectivity index is 2.33. The van der Waals surface area contributed by atoms with Crippen molar-refractivity contribution in [1.82, 2.24) is 14.7 Å². The van der Waals surface area contributed by atoms with Crippen molar-refractivity contribution >= 4 is 11.6 Å². The molecule has 1 aromatic carbocycles. The summed E-state index contributed by atoms with van der Waals surface area (Å²) < 4.78 is 3.38. The summed E-state index contributed by atoms with van der Waals surface area (Å²) in [5.41, 5.74) is 1.52. The molecule has 1 aromatic heterocycles. The largest absolute Gasteiger partial charge is 0.368 e. The van der Waals surface area contributed by atoms with E-state index in [4.69, 9.17) is 0 Å². The topological polar surface area (TPSA) is 68.1 Å². The Bertz CT molecular complexity index is 782. The maximum atomic E-state index is 12.8. The normalized spacial score (nSPS) is 12.8. The predicted molar refractivity (Wildman–Crippen MR) is 96.7 cm³/mol. The molecule has 1 atom stereocenters.